The Bertz CT molecular complexity index is 582. The van der Waals surface area contributed by atoms with Crippen molar-refractivity contribution < 1.29 is 4.74 Å². The molecule has 0 radical (unpaired) electrons. The molecule has 0 fully saturated rings. The van der Waals surface area contributed by atoms with E-state index in [0.29, 0.717) is 11.3 Å². The summed E-state index contributed by atoms with van der Waals surface area (Å²) < 4.78 is 5.76. The maximum Gasteiger partial charge on any atom is 0.130 e. The summed E-state index contributed by atoms with van der Waals surface area (Å²) in [5, 5.41) is 8.81. The Morgan fingerprint density at radius 1 is 1.06 bits per heavy atom. The van der Waals surface area contributed by atoms with Crippen molar-refractivity contribution in [2.24, 2.45) is 0 Å². The molecule has 0 aliphatic heterocycles. The summed E-state index contributed by atoms with van der Waals surface area (Å²) in [6, 6.07) is 15.3. The van der Waals surface area contributed by atoms with E-state index in [9.17, 15) is 0 Å². The first kappa shape index (κ1) is 11.2. The molecule has 2 aromatic rings. The van der Waals surface area contributed by atoms with Gasteiger partial charge in [0.2, 0.25) is 0 Å². The van der Waals surface area contributed by atoms with Gasteiger partial charge >= 0.3 is 0 Å². The van der Waals surface area contributed by atoms with E-state index < -0.39 is 0 Å². The van der Waals surface area contributed by atoms with Crippen LogP contribution in [-0.4, -0.2) is 0 Å². The van der Waals surface area contributed by atoms with Crippen LogP contribution in [0.5, 0.6) is 11.5 Å². The van der Waals surface area contributed by atoms with Gasteiger partial charge in [-0.2, -0.15) is 5.26 Å². The van der Waals surface area contributed by atoms with Crippen LogP contribution in [0.2, 0.25) is 0 Å². The first-order valence-electron chi connectivity index (χ1n) is 5.44. The van der Waals surface area contributed by atoms with E-state index in [4.69, 9.17) is 10.00 Å². The molecule has 17 heavy (non-hydrogen) atoms. The van der Waals surface area contributed by atoms with Crippen molar-refractivity contribution >= 4 is 0 Å². The summed E-state index contributed by atoms with van der Waals surface area (Å²) in [7, 11) is 0. The fraction of sp³-hybridized carbons (Fsp3) is 0.133. The van der Waals surface area contributed by atoms with Crippen molar-refractivity contribution in [3.63, 3.8) is 0 Å². The number of ether oxygens (including phenoxy) is 1. The first-order valence-corrected chi connectivity index (χ1v) is 5.44. The van der Waals surface area contributed by atoms with Crippen molar-refractivity contribution in [1.29, 1.82) is 5.26 Å². The van der Waals surface area contributed by atoms with Gasteiger partial charge in [-0.3, -0.25) is 0 Å². The van der Waals surface area contributed by atoms with Gasteiger partial charge in [0, 0.05) is 0 Å². The zero-order valence-electron chi connectivity index (χ0n) is 9.90. The third-order valence-corrected chi connectivity index (χ3v) is 2.52. The van der Waals surface area contributed by atoms with E-state index >= 15 is 0 Å². The van der Waals surface area contributed by atoms with Gasteiger partial charge in [-0.05, 0) is 43.7 Å². The molecule has 2 nitrogen and oxygen atoms in total. The van der Waals surface area contributed by atoms with Crippen molar-refractivity contribution in [1.82, 2.24) is 0 Å². The molecule has 0 heterocycles. The summed E-state index contributed by atoms with van der Waals surface area (Å²) in [5.41, 5.74) is 2.90. The summed E-state index contributed by atoms with van der Waals surface area (Å²) >= 11 is 0. The van der Waals surface area contributed by atoms with Crippen molar-refractivity contribution in [2.45, 2.75) is 13.8 Å². The number of nitrogens with zero attached hydrogens (tertiary/aromatic N) is 1. The van der Waals surface area contributed by atoms with E-state index in [1.807, 2.05) is 38.1 Å². The van der Waals surface area contributed by atoms with Crippen LogP contribution in [-0.2, 0) is 0 Å². The van der Waals surface area contributed by atoms with Crippen molar-refractivity contribution in [3.05, 3.63) is 59.2 Å². The van der Waals surface area contributed by atoms with Gasteiger partial charge in [0.05, 0.1) is 11.6 Å². The molecule has 2 heteroatoms. The number of aryl methyl sites for hydroxylation is 2. The largest absolute Gasteiger partial charge is 0.457 e. The van der Waals surface area contributed by atoms with Crippen LogP contribution in [0, 0.1) is 25.2 Å². The smallest absolute Gasteiger partial charge is 0.130 e. The molecule has 2 aromatic carbocycles. The molecule has 0 amide bonds. The predicted molar refractivity (Wildman–Crippen MR) is 67.1 cm³/mol. The molecule has 84 valence electrons. The minimum absolute atomic E-state index is 0.604. The first-order chi connectivity index (χ1) is 8.19. The molecular formula is C15H13NO. The highest BCUT2D eigenvalue weighted by atomic mass is 16.5. The molecule has 2 rings (SSSR count). The number of rotatable bonds is 2. The Morgan fingerprint density at radius 2 is 1.88 bits per heavy atom. The second kappa shape index (κ2) is 4.71. The Hall–Kier alpha value is -2.27. The SMILES string of the molecule is Cc1ccc(Oc2cccc(C#N)c2)c(C)c1. The quantitative estimate of drug-likeness (QED) is 0.771. The Balaban J connectivity index is 2.28. The van der Waals surface area contributed by atoms with Crippen LogP contribution in [0.15, 0.2) is 42.5 Å². The number of hydrogen-bond donors (Lipinski definition) is 0. The molecule has 0 bridgehead atoms. The van der Waals surface area contributed by atoms with E-state index in [1.165, 1.54) is 5.56 Å². The average molecular weight is 223 g/mol. The molecule has 0 aromatic heterocycles. The Kier molecular flexibility index (Phi) is 3.11. The average Bonchev–Trinajstić information content (AvgIpc) is 2.33. The topological polar surface area (TPSA) is 33.0 Å². The lowest BCUT2D eigenvalue weighted by Crippen LogP contribution is -1.88. The zero-order chi connectivity index (χ0) is 12.3. The lowest BCUT2D eigenvalue weighted by molar-refractivity contribution is 0.478. The van der Waals surface area contributed by atoms with Gasteiger partial charge in [-0.25, -0.2) is 0 Å². The molecule has 0 saturated carbocycles. The van der Waals surface area contributed by atoms with Gasteiger partial charge in [-0.15, -0.1) is 0 Å². The normalized spacial score (nSPS) is 9.71. The summed E-state index contributed by atoms with van der Waals surface area (Å²) in [5.74, 6) is 1.52. The van der Waals surface area contributed by atoms with Crippen LogP contribution in [0.3, 0.4) is 0 Å². The van der Waals surface area contributed by atoms with Crippen molar-refractivity contribution in [2.75, 3.05) is 0 Å². The van der Waals surface area contributed by atoms with E-state index in [2.05, 4.69) is 12.1 Å². The van der Waals surface area contributed by atoms with Gasteiger partial charge < -0.3 is 4.74 Å². The second-order valence-electron chi connectivity index (χ2n) is 4.01. The summed E-state index contributed by atoms with van der Waals surface area (Å²) in [4.78, 5) is 0. The molecule has 0 unspecified atom stereocenters. The third kappa shape index (κ3) is 2.64. The van der Waals surface area contributed by atoms with E-state index in [1.54, 1.807) is 12.1 Å². The van der Waals surface area contributed by atoms with E-state index in [0.717, 1.165) is 11.3 Å². The summed E-state index contributed by atoms with van der Waals surface area (Å²) in [6.07, 6.45) is 0. The number of benzene rings is 2. The number of hydrogen-bond acceptors (Lipinski definition) is 2. The minimum Gasteiger partial charge on any atom is -0.457 e. The van der Waals surface area contributed by atoms with E-state index in [-0.39, 0.29) is 0 Å². The van der Waals surface area contributed by atoms with Gasteiger partial charge in [-0.1, -0.05) is 23.8 Å². The Morgan fingerprint density at radius 3 is 2.59 bits per heavy atom. The highest BCUT2D eigenvalue weighted by molar-refractivity contribution is 5.42. The number of nitriles is 1. The molecule has 0 saturated heterocycles. The molecule has 0 aliphatic rings. The summed E-state index contributed by atoms with van der Waals surface area (Å²) in [6.45, 7) is 4.06. The van der Waals surface area contributed by atoms with Crippen LogP contribution in [0.1, 0.15) is 16.7 Å². The monoisotopic (exact) mass is 223 g/mol. The van der Waals surface area contributed by atoms with Crippen molar-refractivity contribution in [3.8, 4) is 17.6 Å². The lowest BCUT2D eigenvalue weighted by atomic mass is 10.1. The predicted octanol–water partition coefficient (Wildman–Crippen LogP) is 3.97. The standard InChI is InChI=1S/C15H13NO/c1-11-6-7-15(12(2)8-11)17-14-5-3-4-13(9-14)10-16/h3-9H,1-2H3. The van der Waals surface area contributed by atoms with Crippen LogP contribution < -0.4 is 4.74 Å². The van der Waals surface area contributed by atoms with Gasteiger partial charge in [0.25, 0.3) is 0 Å². The highest BCUT2D eigenvalue weighted by Gasteiger charge is 2.02. The van der Waals surface area contributed by atoms with Crippen LogP contribution in [0.25, 0.3) is 0 Å². The van der Waals surface area contributed by atoms with Crippen LogP contribution >= 0.6 is 0 Å². The maximum atomic E-state index is 8.81. The lowest BCUT2D eigenvalue weighted by Gasteiger charge is -2.09. The minimum atomic E-state index is 0.604. The molecular weight excluding hydrogens is 210 g/mol. The highest BCUT2D eigenvalue weighted by Crippen LogP contribution is 2.26. The maximum absolute atomic E-state index is 8.81. The third-order valence-electron chi connectivity index (χ3n) is 2.52. The fourth-order valence-corrected chi connectivity index (χ4v) is 1.67. The Labute approximate surface area is 101 Å². The molecule has 0 N–H and O–H groups in total. The fourth-order valence-electron chi connectivity index (χ4n) is 1.67. The van der Waals surface area contributed by atoms with Gasteiger partial charge in [0.15, 0.2) is 0 Å². The molecule has 0 atom stereocenters. The molecule has 0 aliphatic carbocycles. The molecule has 0 spiro atoms. The second-order valence-corrected chi connectivity index (χ2v) is 4.01. The van der Waals surface area contributed by atoms with Gasteiger partial charge in [0.1, 0.15) is 11.5 Å². The van der Waals surface area contributed by atoms with Crippen LogP contribution in [0.4, 0.5) is 0 Å². The zero-order valence-corrected chi connectivity index (χ0v) is 9.90.